The minimum Gasteiger partial charge on any atom is -0.396 e. The zero-order valence-electron chi connectivity index (χ0n) is 32.2. The molecule has 0 aliphatic heterocycles. The van der Waals surface area contributed by atoms with E-state index in [0.29, 0.717) is 41.7 Å². The highest BCUT2D eigenvalue weighted by Gasteiger charge is 2.28. The Hall–Kier alpha value is -1.60. The van der Waals surface area contributed by atoms with Gasteiger partial charge >= 0.3 is 7.60 Å². The zero-order chi connectivity index (χ0) is 38.5. The molecule has 1 aromatic rings. The molecule has 0 aliphatic carbocycles. The van der Waals surface area contributed by atoms with Gasteiger partial charge in [0.2, 0.25) is 17.7 Å². The van der Waals surface area contributed by atoms with Gasteiger partial charge < -0.3 is 30.1 Å². The molecule has 0 radical (unpaired) electrons. The third-order valence-corrected chi connectivity index (χ3v) is 11.3. The molecular weight excluding hydrogens is 720 g/mol. The number of carbonyl (C=O) groups excluding carboxylic acids is 3. The third kappa shape index (κ3) is 25.4. The van der Waals surface area contributed by atoms with Gasteiger partial charge in [0, 0.05) is 31.3 Å². The number of thiol groups is 2. The van der Waals surface area contributed by atoms with E-state index in [-0.39, 0.29) is 48.8 Å². The lowest BCUT2D eigenvalue weighted by atomic mass is 10.0. The number of benzene rings is 1. The van der Waals surface area contributed by atoms with Gasteiger partial charge in [0.1, 0.15) is 13.2 Å². The average molecular weight is 790 g/mol. The number of likely N-dealkylation sites (N-methyl/N-ethyl adjacent to an activating group) is 1. The number of anilines is 1. The SMILES string of the molecule is C[N+](C)(C)CCOP(=O)(OCCCCCCCCCCCCCCCCCCO)c1ccc(NC(=O)CCC(CNC(=O)CS)NC(=O)CS)cc1. The van der Waals surface area contributed by atoms with Gasteiger partial charge in [-0.25, -0.2) is 0 Å². The summed E-state index contributed by atoms with van der Waals surface area (Å²) in [6, 6.07) is 6.28. The number of carbonyl (C=O) groups is 3. The van der Waals surface area contributed by atoms with Crippen molar-refractivity contribution in [1.29, 1.82) is 0 Å². The Bertz CT molecular complexity index is 1160. The maximum absolute atomic E-state index is 14.0. The Kier molecular flexibility index (Phi) is 27.7. The van der Waals surface area contributed by atoms with E-state index in [1.807, 2.05) is 21.1 Å². The van der Waals surface area contributed by atoms with Crippen LogP contribution in [0.1, 0.15) is 116 Å². The van der Waals surface area contributed by atoms with Crippen LogP contribution in [0.15, 0.2) is 24.3 Å². The first-order chi connectivity index (χ1) is 24.9. The minimum absolute atomic E-state index is 0.00197. The number of rotatable bonds is 33. The summed E-state index contributed by atoms with van der Waals surface area (Å²) in [6.45, 7) is 1.80. The van der Waals surface area contributed by atoms with Crippen LogP contribution in [0.25, 0.3) is 0 Å². The van der Waals surface area contributed by atoms with E-state index >= 15 is 0 Å². The second-order valence-corrected chi connectivity index (χ2v) is 17.2. The molecule has 0 aromatic heterocycles. The molecular formula is C38H70N4O7PS2+. The number of aliphatic hydroxyl groups excluding tert-OH is 1. The summed E-state index contributed by atoms with van der Waals surface area (Å²) in [7, 11) is 2.56. The van der Waals surface area contributed by atoms with Gasteiger partial charge in [0.05, 0.1) is 44.6 Å². The third-order valence-electron chi connectivity index (χ3n) is 8.72. The largest absolute Gasteiger partial charge is 0.396 e. The Morgan fingerprint density at radius 3 is 1.67 bits per heavy atom. The van der Waals surface area contributed by atoms with Gasteiger partial charge in [-0.1, -0.05) is 89.9 Å². The first-order valence-corrected chi connectivity index (χ1v) is 22.2. The van der Waals surface area contributed by atoms with Crippen LogP contribution < -0.4 is 21.3 Å². The second kappa shape index (κ2) is 29.7. The second-order valence-electron chi connectivity index (χ2n) is 14.6. The smallest absolute Gasteiger partial charge is 0.361 e. The molecule has 14 heteroatoms. The first-order valence-electron chi connectivity index (χ1n) is 19.4. The lowest BCUT2D eigenvalue weighted by Gasteiger charge is -2.25. The molecule has 1 rings (SSSR count). The molecule has 300 valence electrons. The number of hydrogen-bond donors (Lipinski definition) is 6. The van der Waals surface area contributed by atoms with Crippen LogP contribution in [0, 0.1) is 0 Å². The van der Waals surface area contributed by atoms with Crippen molar-refractivity contribution in [2.75, 3.05) is 70.9 Å². The fraction of sp³-hybridized carbons (Fsp3) is 0.763. The van der Waals surface area contributed by atoms with E-state index in [0.717, 1.165) is 32.1 Å². The normalized spacial score (nSPS) is 13.3. The Morgan fingerprint density at radius 1 is 0.712 bits per heavy atom. The van der Waals surface area contributed by atoms with Crippen molar-refractivity contribution in [3.63, 3.8) is 0 Å². The molecule has 2 atom stereocenters. The molecule has 0 bridgehead atoms. The van der Waals surface area contributed by atoms with E-state index in [2.05, 4.69) is 41.2 Å². The van der Waals surface area contributed by atoms with Crippen molar-refractivity contribution < 1.29 is 37.6 Å². The molecule has 0 saturated carbocycles. The van der Waals surface area contributed by atoms with E-state index < -0.39 is 13.6 Å². The number of nitrogens with zero attached hydrogens (tertiary/aromatic N) is 1. The van der Waals surface area contributed by atoms with Crippen molar-refractivity contribution in [1.82, 2.24) is 10.6 Å². The van der Waals surface area contributed by atoms with Crippen LogP contribution in [-0.4, -0.2) is 98.9 Å². The van der Waals surface area contributed by atoms with Gasteiger partial charge in [-0.2, -0.15) is 25.3 Å². The number of aliphatic hydroxyl groups is 1. The van der Waals surface area contributed by atoms with Gasteiger partial charge in [-0.15, -0.1) is 0 Å². The highest BCUT2D eigenvalue weighted by atomic mass is 32.1. The zero-order valence-corrected chi connectivity index (χ0v) is 34.9. The highest BCUT2D eigenvalue weighted by molar-refractivity contribution is 7.81. The molecule has 0 saturated heterocycles. The average Bonchev–Trinajstić information content (AvgIpc) is 3.11. The maximum atomic E-state index is 14.0. The van der Waals surface area contributed by atoms with Crippen molar-refractivity contribution in [3.05, 3.63) is 24.3 Å². The topological polar surface area (TPSA) is 143 Å². The Labute approximate surface area is 325 Å². The molecule has 4 N–H and O–H groups in total. The summed E-state index contributed by atoms with van der Waals surface area (Å²) in [5.41, 5.74) is 0.534. The lowest BCUT2D eigenvalue weighted by molar-refractivity contribution is -0.870. The standard InChI is InChI=1S/C38H69N4O7PS2/c1-42(2,3)26-29-49-50(47,48-28-19-17-15-13-11-9-7-5-4-6-8-10-12-14-16-18-27-43)35-23-20-33(21-24-35)40-36(44)25-22-34(41-38(46)32-52)30-39-37(45)31-51/h20-21,23-24,34,43H,4-19,22,25-32H2,1-3H3,(H4-,39,40,41,44,45,46,51,52)/p+1. The summed E-state index contributed by atoms with van der Waals surface area (Å²) in [5, 5.41) is 17.6. The molecule has 52 heavy (non-hydrogen) atoms. The van der Waals surface area contributed by atoms with E-state index in [4.69, 9.17) is 14.2 Å². The maximum Gasteiger partial charge on any atom is 0.361 e. The molecule has 1 aromatic carbocycles. The predicted molar refractivity (Wildman–Crippen MR) is 220 cm³/mol. The van der Waals surface area contributed by atoms with Crippen LogP contribution in [0.4, 0.5) is 5.69 Å². The van der Waals surface area contributed by atoms with Gasteiger partial charge in [0.15, 0.2) is 0 Å². The summed E-state index contributed by atoms with van der Waals surface area (Å²) in [5.74, 6) is -0.793. The predicted octanol–water partition coefficient (Wildman–Crippen LogP) is 6.66. The molecule has 11 nitrogen and oxygen atoms in total. The van der Waals surface area contributed by atoms with Gasteiger partial charge in [0.25, 0.3) is 0 Å². The molecule has 0 spiro atoms. The molecule has 0 heterocycles. The first kappa shape index (κ1) is 48.4. The van der Waals surface area contributed by atoms with Crippen molar-refractivity contribution in [2.24, 2.45) is 0 Å². The van der Waals surface area contributed by atoms with Crippen LogP contribution in [0.3, 0.4) is 0 Å². The molecule has 3 amide bonds. The van der Waals surface area contributed by atoms with E-state index in [1.54, 1.807) is 24.3 Å². The summed E-state index contributed by atoms with van der Waals surface area (Å²) in [4.78, 5) is 36.2. The summed E-state index contributed by atoms with van der Waals surface area (Å²) in [6.07, 6.45) is 19.7. The van der Waals surface area contributed by atoms with Crippen LogP contribution >= 0.6 is 32.9 Å². The number of unbranched alkanes of at least 4 members (excludes halogenated alkanes) is 15. The number of amides is 3. The van der Waals surface area contributed by atoms with Crippen molar-refractivity contribution >= 4 is 61.6 Å². The van der Waals surface area contributed by atoms with Crippen molar-refractivity contribution in [3.8, 4) is 0 Å². The van der Waals surface area contributed by atoms with E-state index in [9.17, 15) is 18.9 Å². The lowest BCUT2D eigenvalue weighted by Crippen LogP contribution is -2.44. The number of nitrogens with one attached hydrogen (secondary N) is 3. The monoisotopic (exact) mass is 789 g/mol. The Balaban J connectivity index is 2.49. The van der Waals surface area contributed by atoms with Gasteiger partial charge in [-0.3, -0.25) is 23.5 Å². The highest BCUT2D eigenvalue weighted by Crippen LogP contribution is 2.47. The minimum atomic E-state index is -3.58. The number of quaternary nitrogens is 1. The van der Waals surface area contributed by atoms with Crippen LogP contribution in [-0.2, 0) is 28.0 Å². The Morgan fingerprint density at radius 2 is 1.19 bits per heavy atom. The van der Waals surface area contributed by atoms with Crippen molar-refractivity contribution in [2.45, 2.75) is 122 Å². The van der Waals surface area contributed by atoms with Gasteiger partial charge in [-0.05, 0) is 43.5 Å². The summed E-state index contributed by atoms with van der Waals surface area (Å²) < 4.78 is 26.6. The molecule has 2 unspecified atom stereocenters. The molecule has 0 aliphatic rings. The summed E-state index contributed by atoms with van der Waals surface area (Å²) >= 11 is 7.93. The van der Waals surface area contributed by atoms with E-state index in [1.165, 1.54) is 70.6 Å². The quantitative estimate of drug-likeness (QED) is 0.0203. The number of hydrogen-bond acceptors (Lipinski definition) is 9. The fourth-order valence-corrected chi connectivity index (χ4v) is 7.32. The fourth-order valence-electron chi connectivity index (χ4n) is 5.54. The molecule has 0 fully saturated rings. The van der Waals surface area contributed by atoms with Crippen LogP contribution in [0.2, 0.25) is 0 Å². The van der Waals surface area contributed by atoms with Crippen LogP contribution in [0.5, 0.6) is 0 Å².